The van der Waals surface area contributed by atoms with Gasteiger partial charge in [-0.3, -0.25) is 4.79 Å². The molecular formula is C36H52F3OP. The molecule has 0 saturated carbocycles. The van der Waals surface area contributed by atoms with Gasteiger partial charge in [-0.25, -0.2) is 0 Å². The Morgan fingerprint density at radius 2 is 1.49 bits per heavy atom. The minimum atomic E-state index is -4.33. The van der Waals surface area contributed by atoms with Gasteiger partial charge in [0.25, 0.3) is 0 Å². The molecule has 0 aromatic heterocycles. The average molecular weight is 589 g/mol. The number of ketones is 1. The van der Waals surface area contributed by atoms with Gasteiger partial charge < -0.3 is 0 Å². The Kier molecular flexibility index (Phi) is 17.8. The molecule has 0 radical (unpaired) electrons. The number of halogens is 3. The van der Waals surface area contributed by atoms with Crippen LogP contribution in [0.15, 0.2) is 49.0 Å². The van der Waals surface area contributed by atoms with Crippen LogP contribution in [0.2, 0.25) is 0 Å². The van der Waals surface area contributed by atoms with Gasteiger partial charge in [-0.05, 0) is 91.3 Å². The van der Waals surface area contributed by atoms with Crippen molar-refractivity contribution in [3.63, 3.8) is 0 Å². The molecule has 2 rings (SSSR count). The SMILES string of the molecule is C=Pc1ccc(C(=C)CCC(CCC)CC(CCC)CCCC(=O)CCc2ccc(C(F)(F)F)cc2)cc1C.CC. The first kappa shape index (κ1) is 36.8. The lowest BCUT2D eigenvalue weighted by atomic mass is 9.82. The lowest BCUT2D eigenvalue weighted by Crippen LogP contribution is -2.11. The molecule has 0 N–H and O–H groups in total. The second-order valence-corrected chi connectivity index (χ2v) is 11.8. The van der Waals surface area contributed by atoms with Gasteiger partial charge in [0, 0.05) is 18.1 Å². The summed E-state index contributed by atoms with van der Waals surface area (Å²) in [4.78, 5) is 12.5. The summed E-state index contributed by atoms with van der Waals surface area (Å²) in [7, 11) is 1.05. The zero-order valence-electron chi connectivity index (χ0n) is 26.1. The number of carbonyl (C=O) groups is 1. The number of hydrogen-bond donors (Lipinski definition) is 0. The Morgan fingerprint density at radius 3 is 2.02 bits per heavy atom. The topological polar surface area (TPSA) is 17.1 Å². The van der Waals surface area contributed by atoms with E-state index in [4.69, 9.17) is 0 Å². The Hall–Kier alpha value is -2.19. The molecule has 0 spiro atoms. The number of rotatable bonds is 18. The van der Waals surface area contributed by atoms with Gasteiger partial charge in [0.1, 0.15) is 5.78 Å². The summed E-state index contributed by atoms with van der Waals surface area (Å²) in [5.41, 5.74) is 3.83. The fourth-order valence-corrected chi connectivity index (χ4v) is 5.97. The zero-order valence-corrected chi connectivity index (χ0v) is 27.0. The highest BCUT2D eigenvalue weighted by atomic mass is 31.1. The van der Waals surface area contributed by atoms with Gasteiger partial charge in [-0.15, -0.1) is 0 Å². The highest BCUT2D eigenvalue weighted by Gasteiger charge is 2.29. The first-order valence-corrected chi connectivity index (χ1v) is 16.6. The fraction of sp³-hybridized carbons (Fsp3) is 0.556. The van der Waals surface area contributed by atoms with Crippen LogP contribution in [0, 0.1) is 18.8 Å². The normalized spacial score (nSPS) is 12.9. The van der Waals surface area contributed by atoms with Crippen LogP contribution < -0.4 is 5.30 Å². The van der Waals surface area contributed by atoms with Crippen LogP contribution in [0.3, 0.4) is 0 Å². The van der Waals surface area contributed by atoms with Crippen molar-refractivity contribution in [2.45, 2.75) is 118 Å². The number of Topliss-reactive ketones (excluding diaryl/α,β-unsaturated/α-hetero) is 1. The number of benzene rings is 2. The van der Waals surface area contributed by atoms with Crippen molar-refractivity contribution < 1.29 is 18.0 Å². The van der Waals surface area contributed by atoms with Crippen LogP contribution in [-0.4, -0.2) is 12.1 Å². The quantitative estimate of drug-likeness (QED) is 0.158. The lowest BCUT2D eigenvalue weighted by Gasteiger charge is -2.24. The van der Waals surface area contributed by atoms with Crippen LogP contribution >= 0.6 is 8.20 Å². The predicted molar refractivity (Wildman–Crippen MR) is 175 cm³/mol. The second-order valence-electron chi connectivity index (χ2n) is 11.0. The Bertz CT molecular complexity index is 1060. The van der Waals surface area contributed by atoms with Gasteiger partial charge >= 0.3 is 6.18 Å². The van der Waals surface area contributed by atoms with Gasteiger partial charge in [0.05, 0.1) is 5.56 Å². The fourth-order valence-electron chi connectivity index (χ4n) is 5.48. The Balaban J connectivity index is 0.00000411. The third-order valence-electron chi connectivity index (χ3n) is 7.73. The summed E-state index contributed by atoms with van der Waals surface area (Å²) in [6.07, 6.45) is 11.1. The molecule has 0 aliphatic heterocycles. The highest BCUT2D eigenvalue weighted by molar-refractivity contribution is 7.45. The van der Waals surface area contributed by atoms with Crippen LogP contribution in [-0.2, 0) is 17.4 Å². The van der Waals surface area contributed by atoms with Gasteiger partial charge in [0.15, 0.2) is 0 Å². The minimum absolute atomic E-state index is 0.200. The Morgan fingerprint density at radius 1 is 0.878 bits per heavy atom. The molecule has 2 aromatic carbocycles. The first-order valence-electron chi connectivity index (χ1n) is 15.5. The molecular weight excluding hydrogens is 536 g/mol. The number of hydrogen-bond acceptors (Lipinski definition) is 1. The first-order chi connectivity index (χ1) is 19.6. The number of carbonyl (C=O) groups excluding carboxylic acids is 1. The van der Waals surface area contributed by atoms with Crippen LogP contribution in [0.5, 0.6) is 0 Å². The van der Waals surface area contributed by atoms with Crippen LogP contribution in [0.1, 0.15) is 121 Å². The molecule has 228 valence electrons. The van der Waals surface area contributed by atoms with Crippen LogP contribution in [0.4, 0.5) is 13.2 Å². The van der Waals surface area contributed by atoms with E-state index >= 15 is 0 Å². The molecule has 0 fully saturated rings. The van der Waals surface area contributed by atoms with E-state index in [-0.39, 0.29) is 5.78 Å². The van der Waals surface area contributed by atoms with Gasteiger partial charge in [-0.2, -0.15) is 13.2 Å². The van der Waals surface area contributed by atoms with Crippen molar-refractivity contribution >= 4 is 31.2 Å². The summed E-state index contributed by atoms with van der Waals surface area (Å²) in [6.45, 7) is 15.0. The van der Waals surface area contributed by atoms with Crippen molar-refractivity contribution in [1.29, 1.82) is 0 Å². The van der Waals surface area contributed by atoms with E-state index in [0.717, 1.165) is 58.0 Å². The minimum Gasteiger partial charge on any atom is -0.300 e. The summed E-state index contributed by atoms with van der Waals surface area (Å²) in [5.74, 6) is 1.49. The van der Waals surface area contributed by atoms with Crippen molar-refractivity contribution in [2.75, 3.05) is 0 Å². The third kappa shape index (κ3) is 14.0. The molecule has 0 amide bonds. The van der Waals surface area contributed by atoms with E-state index in [9.17, 15) is 18.0 Å². The molecule has 5 heteroatoms. The maximum atomic E-state index is 12.7. The molecule has 0 bridgehead atoms. The molecule has 0 saturated heterocycles. The lowest BCUT2D eigenvalue weighted by molar-refractivity contribution is -0.137. The predicted octanol–water partition coefficient (Wildman–Crippen LogP) is 11.4. The van der Waals surface area contributed by atoms with E-state index in [1.165, 1.54) is 59.8 Å². The second kappa shape index (κ2) is 19.8. The maximum Gasteiger partial charge on any atom is 0.416 e. The summed E-state index contributed by atoms with van der Waals surface area (Å²) in [5, 5.41) is 1.26. The van der Waals surface area contributed by atoms with Gasteiger partial charge in [-0.1, -0.05) is 105 Å². The van der Waals surface area contributed by atoms with E-state index in [2.05, 4.69) is 51.8 Å². The van der Waals surface area contributed by atoms with Crippen molar-refractivity contribution in [3.8, 4) is 0 Å². The Labute approximate surface area is 249 Å². The molecule has 2 unspecified atom stereocenters. The van der Waals surface area contributed by atoms with Crippen molar-refractivity contribution in [2.24, 2.45) is 11.8 Å². The average Bonchev–Trinajstić information content (AvgIpc) is 2.95. The number of alkyl halides is 3. The van der Waals surface area contributed by atoms with Crippen LogP contribution in [0.25, 0.3) is 5.57 Å². The molecule has 0 aliphatic rings. The van der Waals surface area contributed by atoms with Crippen molar-refractivity contribution in [1.82, 2.24) is 0 Å². The smallest absolute Gasteiger partial charge is 0.300 e. The monoisotopic (exact) mass is 588 g/mol. The third-order valence-corrected chi connectivity index (χ3v) is 8.57. The molecule has 0 heterocycles. The standard InChI is InChI=1S/C34H46F3OP.C2H6/c1-6-9-28(11-8-12-32(38)21-17-27-15-19-31(20-16-27)34(35,36)37)24-29(10-7-2)14-13-25(3)30-18-22-33(39-5)26(4)23-30;1-2/h15-16,18-20,22-23,28-29H,3,5-14,17,21,24H2,1-2,4H3;1-2H3. The van der Waals surface area contributed by atoms with Gasteiger partial charge in [0.2, 0.25) is 0 Å². The molecule has 2 aromatic rings. The highest BCUT2D eigenvalue weighted by Crippen LogP contribution is 2.32. The molecule has 0 aliphatic carbocycles. The van der Waals surface area contributed by atoms with E-state index in [1.54, 1.807) is 0 Å². The molecule has 41 heavy (non-hydrogen) atoms. The number of allylic oxidation sites excluding steroid dienone is 1. The van der Waals surface area contributed by atoms with Crippen molar-refractivity contribution in [3.05, 3.63) is 71.3 Å². The zero-order chi connectivity index (χ0) is 30.8. The summed E-state index contributed by atoms with van der Waals surface area (Å²) in [6, 6.07) is 11.7. The summed E-state index contributed by atoms with van der Waals surface area (Å²) < 4.78 is 38.2. The largest absolute Gasteiger partial charge is 0.416 e. The molecule has 1 nitrogen and oxygen atoms in total. The molecule has 2 atom stereocenters. The summed E-state index contributed by atoms with van der Waals surface area (Å²) >= 11 is 0. The van der Waals surface area contributed by atoms with E-state index in [1.807, 2.05) is 13.8 Å². The maximum absolute atomic E-state index is 12.7. The van der Waals surface area contributed by atoms with E-state index in [0.29, 0.717) is 31.1 Å². The number of aryl methyl sites for hydroxylation is 2. The van der Waals surface area contributed by atoms with E-state index < -0.39 is 11.7 Å².